The van der Waals surface area contributed by atoms with E-state index >= 15 is 4.39 Å². The molecule has 2 aromatic rings. The van der Waals surface area contributed by atoms with E-state index in [4.69, 9.17) is 27.9 Å². The van der Waals surface area contributed by atoms with E-state index in [2.05, 4.69) is 16.7 Å². The van der Waals surface area contributed by atoms with Crippen LogP contribution in [0.15, 0.2) is 30.3 Å². The van der Waals surface area contributed by atoms with Gasteiger partial charge in [-0.1, -0.05) is 27.7 Å². The van der Waals surface area contributed by atoms with Crippen LogP contribution in [-0.4, -0.2) is 60.8 Å². The van der Waals surface area contributed by atoms with E-state index in [9.17, 15) is 31.2 Å². The third kappa shape index (κ3) is 7.11. The molecule has 8 nitrogen and oxygen atoms in total. The highest BCUT2D eigenvalue weighted by Gasteiger charge is 2.46. The van der Waals surface area contributed by atoms with Crippen molar-refractivity contribution < 1.29 is 45.1 Å². The Morgan fingerprint density at radius 1 is 1.02 bits per heavy atom. The number of rotatable bonds is 8. The number of halogens is 6. The number of piperidine rings is 1. The second-order valence-electron chi connectivity index (χ2n) is 11.7. The molecule has 0 radical (unpaired) electrons. The number of carbonyl (C=O) groups is 2. The van der Waals surface area contributed by atoms with Gasteiger partial charge in [0, 0.05) is 34.2 Å². The first-order valence-corrected chi connectivity index (χ1v) is 16.7. The lowest BCUT2D eigenvalue weighted by molar-refractivity contribution is -0.216. The first-order chi connectivity index (χ1) is 20.5. The van der Waals surface area contributed by atoms with Gasteiger partial charge in [0.2, 0.25) is 0 Å². The SMILES string of the molecule is C[C@H](c1cc(Cl)cc(Cl)c1)N1C2CCC1CC(COc1cc(F)c(C(=O)N(OC(=O)C(F)(F)F)S(C)(=O)=O)cc1C1CC1)C2. The number of fused-ring (bicyclic) bond motifs is 2. The van der Waals surface area contributed by atoms with Crippen LogP contribution in [0.3, 0.4) is 0 Å². The summed E-state index contributed by atoms with van der Waals surface area (Å²) < 4.78 is 82.8. The average Bonchev–Trinajstić information content (AvgIpc) is 3.72. The minimum atomic E-state index is -5.59. The molecule has 5 rings (SSSR count). The van der Waals surface area contributed by atoms with E-state index in [1.54, 1.807) is 6.07 Å². The fourth-order valence-corrected chi connectivity index (χ4v) is 7.50. The average molecular weight is 682 g/mol. The minimum Gasteiger partial charge on any atom is -0.493 e. The predicted octanol–water partition coefficient (Wildman–Crippen LogP) is 6.82. The van der Waals surface area contributed by atoms with Crippen molar-refractivity contribution >= 4 is 45.1 Å². The summed E-state index contributed by atoms with van der Waals surface area (Å²) in [5.74, 6) is -5.70. The van der Waals surface area contributed by atoms with Crippen LogP contribution in [0.2, 0.25) is 10.0 Å². The number of hydroxylamine groups is 1. The lowest BCUT2D eigenvalue weighted by Gasteiger charge is -2.42. The van der Waals surface area contributed by atoms with Gasteiger partial charge >= 0.3 is 18.1 Å². The Morgan fingerprint density at radius 3 is 2.14 bits per heavy atom. The summed E-state index contributed by atoms with van der Waals surface area (Å²) in [5.41, 5.74) is 0.606. The number of sulfonamides is 1. The van der Waals surface area contributed by atoms with Crippen molar-refractivity contribution in [1.29, 1.82) is 0 Å². The Hall–Kier alpha value is -2.61. The van der Waals surface area contributed by atoms with Crippen molar-refractivity contribution in [2.75, 3.05) is 12.9 Å². The summed E-state index contributed by atoms with van der Waals surface area (Å²) in [6.45, 7) is 2.41. The molecule has 1 amide bonds. The van der Waals surface area contributed by atoms with Gasteiger partial charge in [0.25, 0.3) is 10.0 Å². The Balaban J connectivity index is 1.30. The molecule has 3 fully saturated rings. The van der Waals surface area contributed by atoms with Crippen LogP contribution in [0.1, 0.15) is 78.9 Å². The highest BCUT2D eigenvalue weighted by Crippen LogP contribution is 2.47. The van der Waals surface area contributed by atoms with Gasteiger partial charge in [0.15, 0.2) is 0 Å². The molecular weight excluding hydrogens is 651 g/mol. The molecule has 240 valence electrons. The molecule has 2 aromatic carbocycles. The maximum Gasteiger partial charge on any atom is 0.493 e. The van der Waals surface area contributed by atoms with Gasteiger partial charge in [-0.25, -0.2) is 17.6 Å². The first-order valence-electron chi connectivity index (χ1n) is 14.1. The van der Waals surface area contributed by atoms with Gasteiger partial charge < -0.3 is 9.57 Å². The van der Waals surface area contributed by atoms with E-state index < -0.39 is 43.9 Å². The zero-order valence-corrected chi connectivity index (χ0v) is 26.1. The highest BCUT2D eigenvalue weighted by molar-refractivity contribution is 7.88. The van der Waals surface area contributed by atoms with Crippen LogP contribution in [0.5, 0.6) is 5.75 Å². The predicted molar refractivity (Wildman–Crippen MR) is 153 cm³/mol. The van der Waals surface area contributed by atoms with Gasteiger partial charge in [-0.2, -0.15) is 13.2 Å². The van der Waals surface area contributed by atoms with Crippen LogP contribution in [0.4, 0.5) is 17.6 Å². The second kappa shape index (κ2) is 12.3. The van der Waals surface area contributed by atoms with E-state index in [1.165, 1.54) is 0 Å². The van der Waals surface area contributed by atoms with Crippen LogP contribution in [-0.2, 0) is 19.7 Å². The lowest BCUT2D eigenvalue weighted by Crippen LogP contribution is -2.45. The number of hydrogen-bond donors (Lipinski definition) is 0. The normalized spacial score (nSPS) is 22.9. The lowest BCUT2D eigenvalue weighted by atomic mass is 9.89. The van der Waals surface area contributed by atoms with E-state index in [1.807, 2.05) is 12.1 Å². The third-order valence-electron chi connectivity index (χ3n) is 8.39. The van der Waals surface area contributed by atoms with Crippen LogP contribution in [0, 0.1) is 11.7 Å². The monoisotopic (exact) mass is 680 g/mol. The Kier molecular flexibility index (Phi) is 9.16. The maximum atomic E-state index is 15.2. The van der Waals surface area contributed by atoms with Gasteiger partial charge in [-0.15, -0.1) is 0 Å². The summed E-state index contributed by atoms with van der Waals surface area (Å²) >= 11 is 12.5. The third-order valence-corrected chi connectivity index (χ3v) is 9.67. The molecule has 2 heterocycles. The number of amides is 1. The van der Waals surface area contributed by atoms with Crippen LogP contribution >= 0.6 is 23.2 Å². The molecule has 3 atom stereocenters. The summed E-state index contributed by atoms with van der Waals surface area (Å²) in [5, 5.41) is 1.15. The van der Waals surface area contributed by atoms with Gasteiger partial charge in [0.1, 0.15) is 11.6 Å². The fraction of sp³-hybridized carbons (Fsp3) is 0.517. The number of ether oxygens (including phenoxy) is 1. The van der Waals surface area contributed by atoms with Crippen LogP contribution in [0.25, 0.3) is 0 Å². The molecule has 1 aliphatic carbocycles. The molecule has 2 unspecified atom stereocenters. The standard InChI is InChI=1S/C29H30Cl2F4N2O6S/c1-15(18-9-19(30)11-20(31)10-18)36-21-5-6-22(36)8-16(7-21)14-42-26-13-25(32)24(12-23(26)17-3-4-17)27(38)37(44(2,40)41)43-28(39)29(33,34)35/h9-13,15-17,21-22H,3-8,14H2,1-2H3/t15-,16?,21?,22?/m1/s1. The Labute approximate surface area is 262 Å². The molecular formula is C29H30Cl2F4N2O6S. The summed E-state index contributed by atoms with van der Waals surface area (Å²) in [7, 11) is -4.85. The molecule has 15 heteroatoms. The molecule has 3 aliphatic rings. The van der Waals surface area contributed by atoms with Crippen molar-refractivity contribution in [3.05, 3.63) is 62.9 Å². The van der Waals surface area contributed by atoms with Crippen molar-refractivity contribution in [3.63, 3.8) is 0 Å². The molecule has 2 saturated heterocycles. The van der Waals surface area contributed by atoms with Crippen molar-refractivity contribution in [3.8, 4) is 5.75 Å². The second-order valence-corrected chi connectivity index (χ2v) is 14.3. The van der Waals surface area contributed by atoms with Crippen LogP contribution < -0.4 is 4.74 Å². The van der Waals surface area contributed by atoms with E-state index in [0.29, 0.717) is 46.8 Å². The number of alkyl halides is 3. The molecule has 2 aliphatic heterocycles. The maximum absolute atomic E-state index is 15.2. The molecule has 0 aromatic heterocycles. The smallest absolute Gasteiger partial charge is 0.493 e. The zero-order valence-electron chi connectivity index (χ0n) is 23.7. The van der Waals surface area contributed by atoms with Gasteiger partial charge in [-0.3, -0.25) is 9.69 Å². The number of carbonyl (C=O) groups excluding carboxylic acids is 2. The quantitative estimate of drug-likeness (QED) is 0.223. The van der Waals surface area contributed by atoms with Gasteiger partial charge in [0.05, 0.1) is 18.4 Å². The number of hydrogen-bond acceptors (Lipinski definition) is 7. The van der Waals surface area contributed by atoms with E-state index in [0.717, 1.165) is 43.4 Å². The van der Waals surface area contributed by atoms with Gasteiger partial charge in [-0.05, 0) is 92.7 Å². The topological polar surface area (TPSA) is 93.2 Å². The van der Waals surface area contributed by atoms with Crippen molar-refractivity contribution in [2.24, 2.45) is 5.92 Å². The summed E-state index contributed by atoms with van der Waals surface area (Å²) in [4.78, 5) is 30.5. The Bertz CT molecular complexity index is 1540. The number of nitrogens with zero attached hydrogens (tertiary/aromatic N) is 2. The van der Waals surface area contributed by atoms with Crippen molar-refractivity contribution in [1.82, 2.24) is 9.37 Å². The highest BCUT2D eigenvalue weighted by atomic mass is 35.5. The first kappa shape index (κ1) is 32.8. The fourth-order valence-electron chi connectivity index (χ4n) is 6.35. The Morgan fingerprint density at radius 2 is 1.61 bits per heavy atom. The summed E-state index contributed by atoms with van der Waals surface area (Å²) in [6, 6.07) is 8.24. The number of benzene rings is 2. The zero-order chi connectivity index (χ0) is 32.1. The molecule has 44 heavy (non-hydrogen) atoms. The van der Waals surface area contributed by atoms with Crippen molar-refractivity contribution in [2.45, 2.75) is 75.7 Å². The molecule has 0 N–H and O–H groups in total. The molecule has 1 saturated carbocycles. The van der Waals surface area contributed by atoms with E-state index in [-0.39, 0.29) is 30.2 Å². The minimum absolute atomic E-state index is 0.105. The molecule has 2 bridgehead atoms. The summed E-state index contributed by atoms with van der Waals surface area (Å²) in [6.07, 6.45) is -0.0977. The largest absolute Gasteiger partial charge is 0.493 e. The molecule has 0 spiro atoms.